The number of rotatable bonds is 3. The molecule has 50 heavy (non-hydrogen) atoms. The van der Waals surface area contributed by atoms with E-state index in [1.807, 2.05) is 78.9 Å². The van der Waals surface area contributed by atoms with Gasteiger partial charge in [0.05, 0.1) is 11.0 Å². The van der Waals surface area contributed by atoms with Crippen LogP contribution in [0.4, 0.5) is 0 Å². The second kappa shape index (κ2) is 11.4. The summed E-state index contributed by atoms with van der Waals surface area (Å²) >= 11 is 0. The van der Waals surface area contributed by atoms with Crippen LogP contribution in [0.15, 0.2) is 174 Å². The van der Waals surface area contributed by atoms with Gasteiger partial charge in [0.2, 0.25) is 5.95 Å². The summed E-state index contributed by atoms with van der Waals surface area (Å²) in [5.41, 5.74) is 5.45. The lowest BCUT2D eigenvalue weighted by atomic mass is 9.99. The van der Waals surface area contributed by atoms with Gasteiger partial charge in [-0.05, 0) is 34.4 Å². The van der Waals surface area contributed by atoms with Crippen LogP contribution >= 0.6 is 0 Å². The molecule has 0 aliphatic rings. The summed E-state index contributed by atoms with van der Waals surface area (Å²) in [6, 6.07) is 58.5. The Kier molecular flexibility index (Phi) is 6.42. The van der Waals surface area contributed by atoms with Crippen molar-refractivity contribution in [2.75, 3.05) is 0 Å². The van der Waals surface area contributed by atoms with Gasteiger partial charge in [0.15, 0.2) is 11.6 Å². The largest absolute Gasteiger partial charge is 0.456 e. The summed E-state index contributed by atoms with van der Waals surface area (Å²) in [6.45, 7) is 0. The zero-order valence-corrected chi connectivity index (χ0v) is 26.9. The Morgan fingerprint density at radius 3 is 1.50 bits per heavy atom. The number of para-hydroxylation sites is 3. The Hall–Kier alpha value is -6.85. The Labute approximate surface area is 287 Å². The first-order valence-electron chi connectivity index (χ1n) is 16.7. The van der Waals surface area contributed by atoms with Gasteiger partial charge in [-0.15, -0.1) is 0 Å². The molecule has 0 N–H and O–H groups in total. The Morgan fingerprint density at radius 2 is 0.840 bits per heavy atom. The molecule has 0 aliphatic carbocycles. The molecule has 3 aromatic heterocycles. The van der Waals surface area contributed by atoms with E-state index in [9.17, 15) is 0 Å². The number of aromatic nitrogens is 4. The smallest absolute Gasteiger partial charge is 0.238 e. The molecule has 0 saturated carbocycles. The van der Waals surface area contributed by atoms with Gasteiger partial charge in [-0.25, -0.2) is 4.98 Å². The SMILES string of the molecule is c1ccc(-c2nc(-c3ccccc3)nc(-n3c4ccccc4c4ccc5c6ccccc6c6ccccc6oc6ccccc6c5c43)n2)cc1. The van der Waals surface area contributed by atoms with Gasteiger partial charge in [0.1, 0.15) is 11.2 Å². The van der Waals surface area contributed by atoms with Crippen molar-refractivity contribution in [3.05, 3.63) is 170 Å². The molecule has 0 unspecified atom stereocenters. The first-order valence-corrected chi connectivity index (χ1v) is 16.7. The van der Waals surface area contributed by atoms with Crippen molar-refractivity contribution in [3.8, 4) is 28.7 Å². The van der Waals surface area contributed by atoms with Crippen LogP contribution in [0.1, 0.15) is 0 Å². The first kappa shape index (κ1) is 28.2. The fraction of sp³-hybridized carbons (Fsp3) is 0. The van der Waals surface area contributed by atoms with Gasteiger partial charge in [-0.2, -0.15) is 9.97 Å². The maximum Gasteiger partial charge on any atom is 0.238 e. The summed E-state index contributed by atoms with van der Waals surface area (Å²) in [5, 5.41) is 8.64. The van der Waals surface area contributed by atoms with E-state index in [4.69, 9.17) is 19.4 Å². The molecule has 5 heteroatoms. The van der Waals surface area contributed by atoms with E-state index in [1.165, 1.54) is 0 Å². The van der Waals surface area contributed by atoms with Crippen molar-refractivity contribution in [2.45, 2.75) is 0 Å². The van der Waals surface area contributed by atoms with E-state index in [0.717, 1.165) is 76.4 Å². The number of nitrogens with zero attached hydrogens (tertiary/aromatic N) is 4. The molecule has 0 saturated heterocycles. The molecule has 0 fully saturated rings. The lowest BCUT2D eigenvalue weighted by molar-refractivity contribution is 0.663. The average molecular weight is 641 g/mol. The van der Waals surface area contributed by atoms with Crippen molar-refractivity contribution < 1.29 is 4.42 Å². The van der Waals surface area contributed by atoms with E-state index in [-0.39, 0.29) is 0 Å². The third kappa shape index (κ3) is 4.45. The van der Waals surface area contributed by atoms with Crippen LogP contribution in [-0.2, 0) is 0 Å². The molecule has 3 heterocycles. The quantitative estimate of drug-likeness (QED) is 0.193. The van der Waals surface area contributed by atoms with Gasteiger partial charge in [-0.1, -0.05) is 152 Å². The molecule has 0 bridgehead atoms. The topological polar surface area (TPSA) is 56.7 Å². The second-order valence-corrected chi connectivity index (χ2v) is 12.4. The molecular formula is C45H28N4O. The van der Waals surface area contributed by atoms with Crippen LogP contribution in [-0.4, -0.2) is 19.5 Å². The van der Waals surface area contributed by atoms with Crippen LogP contribution in [0.5, 0.6) is 0 Å². The van der Waals surface area contributed by atoms with E-state index in [1.54, 1.807) is 0 Å². The highest BCUT2D eigenvalue weighted by Gasteiger charge is 2.21. The number of fused-ring (bicyclic) bond motifs is 11. The number of hydrogen-bond donors (Lipinski definition) is 0. The van der Waals surface area contributed by atoms with Crippen molar-refractivity contribution in [1.82, 2.24) is 19.5 Å². The molecule has 10 aromatic rings. The summed E-state index contributed by atoms with van der Waals surface area (Å²) < 4.78 is 9.06. The van der Waals surface area contributed by atoms with Gasteiger partial charge >= 0.3 is 0 Å². The Bertz CT molecular complexity index is 2920. The number of hydrogen-bond acceptors (Lipinski definition) is 4. The fourth-order valence-electron chi connectivity index (χ4n) is 7.27. The minimum Gasteiger partial charge on any atom is -0.456 e. The van der Waals surface area contributed by atoms with Crippen molar-refractivity contribution in [3.63, 3.8) is 0 Å². The van der Waals surface area contributed by atoms with E-state index in [0.29, 0.717) is 17.6 Å². The van der Waals surface area contributed by atoms with Crippen LogP contribution in [0.3, 0.4) is 0 Å². The third-order valence-electron chi connectivity index (χ3n) is 9.50. The lowest BCUT2D eigenvalue weighted by Crippen LogP contribution is -2.06. The van der Waals surface area contributed by atoms with Gasteiger partial charge < -0.3 is 4.42 Å². The third-order valence-corrected chi connectivity index (χ3v) is 9.50. The molecule has 0 spiro atoms. The van der Waals surface area contributed by atoms with Crippen LogP contribution in [0.2, 0.25) is 0 Å². The molecule has 0 atom stereocenters. The van der Waals surface area contributed by atoms with Gasteiger partial charge in [-0.3, -0.25) is 4.57 Å². The van der Waals surface area contributed by atoms with E-state index >= 15 is 0 Å². The maximum absolute atomic E-state index is 6.85. The monoisotopic (exact) mass is 640 g/mol. The zero-order valence-electron chi connectivity index (χ0n) is 26.9. The molecule has 10 rings (SSSR count). The molecule has 0 amide bonds. The van der Waals surface area contributed by atoms with Crippen molar-refractivity contribution in [1.29, 1.82) is 0 Å². The predicted molar refractivity (Wildman–Crippen MR) is 205 cm³/mol. The van der Waals surface area contributed by atoms with Gasteiger partial charge in [0, 0.05) is 38.1 Å². The summed E-state index contributed by atoms with van der Waals surface area (Å²) in [5.74, 6) is 1.77. The average Bonchev–Trinajstić information content (AvgIpc) is 3.55. The van der Waals surface area contributed by atoms with Crippen LogP contribution in [0, 0.1) is 0 Å². The van der Waals surface area contributed by atoms with Crippen molar-refractivity contribution in [2.24, 2.45) is 0 Å². The van der Waals surface area contributed by atoms with Crippen molar-refractivity contribution >= 4 is 65.3 Å². The van der Waals surface area contributed by atoms with E-state index < -0.39 is 0 Å². The molecule has 234 valence electrons. The summed E-state index contributed by atoms with van der Waals surface area (Å²) in [7, 11) is 0. The molecule has 7 aromatic carbocycles. The minimum atomic E-state index is 0.548. The molecule has 0 radical (unpaired) electrons. The normalized spacial score (nSPS) is 11.6. The molecular weight excluding hydrogens is 613 g/mol. The second-order valence-electron chi connectivity index (χ2n) is 12.4. The minimum absolute atomic E-state index is 0.548. The highest BCUT2D eigenvalue weighted by Crippen LogP contribution is 2.41. The summed E-state index contributed by atoms with van der Waals surface area (Å²) in [6.07, 6.45) is 0. The lowest BCUT2D eigenvalue weighted by Gasteiger charge is -2.12. The zero-order chi connectivity index (χ0) is 33.0. The van der Waals surface area contributed by atoms with Gasteiger partial charge in [0.25, 0.3) is 0 Å². The Balaban J connectivity index is 1.47. The molecule has 5 nitrogen and oxygen atoms in total. The first-order chi connectivity index (χ1) is 24.8. The maximum atomic E-state index is 6.85. The Morgan fingerprint density at radius 1 is 0.360 bits per heavy atom. The highest BCUT2D eigenvalue weighted by atomic mass is 16.3. The standard InChI is InChI=1S/C45H28N4O/c1-3-15-29(16-4-1)43-46-44(30-17-5-2-6-18-30)48-45(47-43)49-38-24-12-9-21-33(38)36-28-27-35-32-20-8-7-19-31(32)34-22-10-13-25-39(34)50-40-26-14-11-23-37(40)41(35)42(36)49/h1-28H. The predicted octanol–water partition coefficient (Wildman–Crippen LogP) is 11.6. The number of benzene rings is 7. The molecule has 0 aliphatic heterocycles. The summed E-state index contributed by atoms with van der Waals surface area (Å²) in [4.78, 5) is 15.5. The van der Waals surface area contributed by atoms with Crippen LogP contribution in [0.25, 0.3) is 94.0 Å². The fourth-order valence-corrected chi connectivity index (χ4v) is 7.27. The highest BCUT2D eigenvalue weighted by molar-refractivity contribution is 6.29. The van der Waals surface area contributed by atoms with Crippen LogP contribution < -0.4 is 0 Å². The van der Waals surface area contributed by atoms with E-state index in [2.05, 4.69) is 95.6 Å².